The fraction of sp³-hybridized carbons (Fsp3) is 0.250. The second-order valence-corrected chi connectivity index (χ2v) is 5.61. The van der Waals surface area contributed by atoms with Crippen molar-refractivity contribution < 1.29 is 9.47 Å². The highest BCUT2D eigenvalue weighted by molar-refractivity contribution is 5.63. The molecule has 0 aliphatic rings. The first-order chi connectivity index (χ1) is 11.7. The minimum absolute atomic E-state index is 0.839. The Labute approximate surface area is 142 Å². The maximum atomic E-state index is 5.25. The van der Waals surface area contributed by atoms with Gasteiger partial charge in [0.05, 0.1) is 31.3 Å². The zero-order valence-electron chi connectivity index (χ0n) is 14.3. The molecule has 0 amide bonds. The van der Waals surface area contributed by atoms with Gasteiger partial charge in [0.1, 0.15) is 11.5 Å². The van der Waals surface area contributed by atoms with Crippen LogP contribution < -0.4 is 9.47 Å². The first-order valence-electron chi connectivity index (χ1n) is 8.13. The Morgan fingerprint density at radius 3 is 2.00 bits per heavy atom. The fourth-order valence-corrected chi connectivity index (χ4v) is 2.70. The van der Waals surface area contributed by atoms with Gasteiger partial charge in [-0.05, 0) is 61.0 Å². The number of methoxy groups -OCH3 is 2. The summed E-state index contributed by atoms with van der Waals surface area (Å²) in [7, 11) is 3.35. The Morgan fingerprint density at radius 1 is 0.875 bits per heavy atom. The number of aryl methyl sites for hydroxylation is 1. The molecule has 0 radical (unpaired) electrons. The molecule has 0 unspecified atom stereocenters. The molecular formula is C20H22N2O2. The van der Waals surface area contributed by atoms with Crippen molar-refractivity contribution in [3.8, 4) is 28.4 Å². The van der Waals surface area contributed by atoms with Crippen molar-refractivity contribution in [2.75, 3.05) is 14.2 Å². The van der Waals surface area contributed by atoms with Gasteiger partial charge in [-0.15, -0.1) is 0 Å². The first kappa shape index (κ1) is 16.1. The van der Waals surface area contributed by atoms with Gasteiger partial charge >= 0.3 is 0 Å². The zero-order valence-corrected chi connectivity index (χ0v) is 14.3. The molecule has 0 aliphatic heterocycles. The van der Waals surface area contributed by atoms with Crippen molar-refractivity contribution in [1.82, 2.24) is 9.78 Å². The van der Waals surface area contributed by atoms with Gasteiger partial charge in [0, 0.05) is 5.56 Å². The van der Waals surface area contributed by atoms with E-state index in [1.54, 1.807) is 14.2 Å². The molecule has 1 heterocycles. The van der Waals surface area contributed by atoms with Crippen LogP contribution in [0.5, 0.6) is 11.5 Å². The number of ether oxygens (including phenoxy) is 2. The van der Waals surface area contributed by atoms with Crippen LogP contribution in [0.4, 0.5) is 0 Å². The van der Waals surface area contributed by atoms with Gasteiger partial charge < -0.3 is 9.47 Å². The van der Waals surface area contributed by atoms with E-state index in [0.717, 1.165) is 47.0 Å². The molecule has 0 spiro atoms. The summed E-state index contributed by atoms with van der Waals surface area (Å²) in [5, 5.41) is 4.79. The van der Waals surface area contributed by atoms with Crippen LogP contribution in [0.1, 0.15) is 19.0 Å². The van der Waals surface area contributed by atoms with Gasteiger partial charge in [-0.3, -0.25) is 0 Å². The number of aromatic nitrogens is 2. The van der Waals surface area contributed by atoms with Crippen LogP contribution >= 0.6 is 0 Å². The smallest absolute Gasteiger partial charge is 0.119 e. The molecule has 3 rings (SSSR count). The Balaban J connectivity index is 2.05. The summed E-state index contributed by atoms with van der Waals surface area (Å²) in [5.74, 6) is 1.69. The third-order valence-electron chi connectivity index (χ3n) is 3.97. The molecule has 0 aliphatic carbocycles. The standard InChI is InChI=1S/C20H22N2O2/c1-4-5-16-14-20(15-6-10-18(23-2)11-7-15)22(21-16)17-8-12-19(24-3)13-9-17/h6-14H,4-5H2,1-3H3. The third kappa shape index (κ3) is 3.27. The van der Waals surface area contributed by atoms with Crippen LogP contribution in [0, 0.1) is 0 Å². The topological polar surface area (TPSA) is 36.3 Å². The van der Waals surface area contributed by atoms with E-state index in [-0.39, 0.29) is 0 Å². The molecule has 0 fully saturated rings. The highest BCUT2D eigenvalue weighted by atomic mass is 16.5. The van der Waals surface area contributed by atoms with E-state index in [4.69, 9.17) is 14.6 Å². The molecule has 0 bridgehead atoms. The average molecular weight is 322 g/mol. The normalized spacial score (nSPS) is 10.6. The second-order valence-electron chi connectivity index (χ2n) is 5.61. The van der Waals surface area contributed by atoms with Crippen molar-refractivity contribution in [3.63, 3.8) is 0 Å². The zero-order chi connectivity index (χ0) is 16.9. The lowest BCUT2D eigenvalue weighted by molar-refractivity contribution is 0.414. The first-order valence-corrected chi connectivity index (χ1v) is 8.13. The summed E-state index contributed by atoms with van der Waals surface area (Å²) in [4.78, 5) is 0. The molecular weight excluding hydrogens is 300 g/mol. The van der Waals surface area contributed by atoms with E-state index in [9.17, 15) is 0 Å². The average Bonchev–Trinajstić information content (AvgIpc) is 3.06. The van der Waals surface area contributed by atoms with Gasteiger partial charge in [-0.2, -0.15) is 5.10 Å². The fourth-order valence-electron chi connectivity index (χ4n) is 2.70. The minimum Gasteiger partial charge on any atom is -0.497 e. The van der Waals surface area contributed by atoms with Crippen LogP contribution in [-0.4, -0.2) is 24.0 Å². The molecule has 4 nitrogen and oxygen atoms in total. The third-order valence-corrected chi connectivity index (χ3v) is 3.97. The molecule has 24 heavy (non-hydrogen) atoms. The summed E-state index contributed by atoms with van der Waals surface area (Å²) < 4.78 is 12.5. The SMILES string of the molecule is CCCc1cc(-c2ccc(OC)cc2)n(-c2ccc(OC)cc2)n1. The largest absolute Gasteiger partial charge is 0.497 e. The van der Waals surface area contributed by atoms with Crippen molar-refractivity contribution in [3.05, 3.63) is 60.3 Å². The van der Waals surface area contributed by atoms with Crippen molar-refractivity contribution >= 4 is 0 Å². The lowest BCUT2D eigenvalue weighted by Crippen LogP contribution is -2.00. The summed E-state index contributed by atoms with van der Waals surface area (Å²) in [5.41, 5.74) is 4.30. The second kappa shape index (κ2) is 7.21. The summed E-state index contributed by atoms with van der Waals surface area (Å²) >= 11 is 0. The number of benzene rings is 2. The molecule has 0 saturated heterocycles. The van der Waals surface area contributed by atoms with Crippen LogP contribution in [0.2, 0.25) is 0 Å². The van der Waals surface area contributed by atoms with Gasteiger partial charge in [0.15, 0.2) is 0 Å². The van der Waals surface area contributed by atoms with Crippen LogP contribution in [0.15, 0.2) is 54.6 Å². The molecule has 4 heteroatoms. The molecule has 124 valence electrons. The Hall–Kier alpha value is -2.75. The van der Waals surface area contributed by atoms with E-state index in [2.05, 4.69) is 25.1 Å². The van der Waals surface area contributed by atoms with Crippen molar-refractivity contribution in [1.29, 1.82) is 0 Å². The monoisotopic (exact) mass is 322 g/mol. The summed E-state index contributed by atoms with van der Waals surface area (Å²) in [6, 6.07) is 18.2. The summed E-state index contributed by atoms with van der Waals surface area (Å²) in [6.45, 7) is 2.17. The molecule has 3 aromatic rings. The highest BCUT2D eigenvalue weighted by Gasteiger charge is 2.12. The lowest BCUT2D eigenvalue weighted by Gasteiger charge is -2.09. The Kier molecular flexibility index (Phi) is 4.85. The number of nitrogens with zero attached hydrogens (tertiary/aromatic N) is 2. The molecule has 2 aromatic carbocycles. The van der Waals surface area contributed by atoms with Crippen LogP contribution in [-0.2, 0) is 6.42 Å². The van der Waals surface area contributed by atoms with E-state index < -0.39 is 0 Å². The predicted molar refractivity (Wildman–Crippen MR) is 96.1 cm³/mol. The molecule has 1 aromatic heterocycles. The lowest BCUT2D eigenvalue weighted by atomic mass is 10.1. The molecule has 0 atom stereocenters. The van der Waals surface area contributed by atoms with Gasteiger partial charge in [0.25, 0.3) is 0 Å². The maximum Gasteiger partial charge on any atom is 0.119 e. The van der Waals surface area contributed by atoms with E-state index in [0.29, 0.717) is 0 Å². The number of rotatable bonds is 6. The molecule has 0 N–H and O–H groups in total. The number of hydrogen-bond donors (Lipinski definition) is 0. The van der Waals surface area contributed by atoms with Crippen LogP contribution in [0.25, 0.3) is 16.9 Å². The van der Waals surface area contributed by atoms with Crippen molar-refractivity contribution in [2.45, 2.75) is 19.8 Å². The minimum atomic E-state index is 0.839. The maximum absolute atomic E-state index is 5.25. The molecule has 0 saturated carbocycles. The van der Waals surface area contributed by atoms with Gasteiger partial charge in [-0.1, -0.05) is 13.3 Å². The predicted octanol–water partition coefficient (Wildman–Crippen LogP) is 4.51. The Morgan fingerprint density at radius 2 is 1.46 bits per heavy atom. The van der Waals surface area contributed by atoms with E-state index in [1.807, 2.05) is 41.1 Å². The highest BCUT2D eigenvalue weighted by Crippen LogP contribution is 2.27. The Bertz CT molecular complexity index is 725. The van der Waals surface area contributed by atoms with Gasteiger partial charge in [0.2, 0.25) is 0 Å². The number of hydrogen-bond acceptors (Lipinski definition) is 3. The quantitative estimate of drug-likeness (QED) is 0.670. The van der Waals surface area contributed by atoms with Crippen LogP contribution in [0.3, 0.4) is 0 Å². The van der Waals surface area contributed by atoms with E-state index in [1.165, 1.54) is 0 Å². The van der Waals surface area contributed by atoms with E-state index >= 15 is 0 Å². The van der Waals surface area contributed by atoms with Gasteiger partial charge in [-0.25, -0.2) is 4.68 Å². The van der Waals surface area contributed by atoms with Crippen molar-refractivity contribution in [2.24, 2.45) is 0 Å². The summed E-state index contributed by atoms with van der Waals surface area (Å²) in [6.07, 6.45) is 2.04.